The van der Waals surface area contributed by atoms with E-state index in [4.69, 9.17) is 4.74 Å². The van der Waals surface area contributed by atoms with Gasteiger partial charge < -0.3 is 4.74 Å². The number of unbranched alkanes of at least 4 members (excludes halogenated alkanes) is 12. The standard InChI is InChI=1S/C16H33O/c1-3-4-5-6-7-8-9-10-11-12-13-14-15-16-17-2/h16H,3-15H2,1-2H3. The van der Waals surface area contributed by atoms with Crippen molar-refractivity contribution in [1.82, 2.24) is 0 Å². The van der Waals surface area contributed by atoms with Crippen molar-refractivity contribution in [2.24, 2.45) is 0 Å². The minimum absolute atomic E-state index is 1.12. The first-order valence-electron chi connectivity index (χ1n) is 7.76. The predicted molar refractivity (Wildman–Crippen MR) is 77.0 cm³/mol. The van der Waals surface area contributed by atoms with Gasteiger partial charge in [0.15, 0.2) is 0 Å². The molecule has 0 bridgehead atoms. The molecular weight excluding hydrogens is 208 g/mol. The zero-order valence-corrected chi connectivity index (χ0v) is 12.2. The van der Waals surface area contributed by atoms with Crippen LogP contribution in [0.4, 0.5) is 0 Å². The zero-order chi connectivity index (χ0) is 12.6. The molecule has 0 saturated carbocycles. The Morgan fingerprint density at radius 2 is 1.06 bits per heavy atom. The van der Waals surface area contributed by atoms with E-state index in [2.05, 4.69) is 6.92 Å². The Bertz CT molecular complexity index is 109. The van der Waals surface area contributed by atoms with Gasteiger partial charge in [0.25, 0.3) is 0 Å². The number of hydrogen-bond acceptors (Lipinski definition) is 1. The number of methoxy groups -OCH3 is 1. The Morgan fingerprint density at radius 3 is 1.47 bits per heavy atom. The molecule has 0 aromatic rings. The molecule has 17 heavy (non-hydrogen) atoms. The first-order chi connectivity index (χ1) is 8.41. The maximum Gasteiger partial charge on any atom is 0.0832 e. The first kappa shape index (κ1) is 17.0. The summed E-state index contributed by atoms with van der Waals surface area (Å²) in [4.78, 5) is 0. The molecule has 0 saturated heterocycles. The van der Waals surface area contributed by atoms with Gasteiger partial charge in [0.1, 0.15) is 0 Å². The predicted octanol–water partition coefficient (Wildman–Crippen LogP) is 5.89. The fourth-order valence-electron chi connectivity index (χ4n) is 2.19. The molecule has 0 aliphatic heterocycles. The largest absolute Gasteiger partial charge is 0.379 e. The van der Waals surface area contributed by atoms with E-state index in [1.54, 1.807) is 7.11 Å². The molecule has 1 radical (unpaired) electrons. The van der Waals surface area contributed by atoms with E-state index in [1.807, 2.05) is 6.61 Å². The maximum absolute atomic E-state index is 4.92. The molecule has 0 rings (SSSR count). The van der Waals surface area contributed by atoms with Crippen LogP contribution >= 0.6 is 0 Å². The molecule has 0 aromatic heterocycles. The van der Waals surface area contributed by atoms with Crippen LogP contribution in [0.15, 0.2) is 0 Å². The van der Waals surface area contributed by atoms with Crippen molar-refractivity contribution in [3.63, 3.8) is 0 Å². The second-order valence-electron chi connectivity index (χ2n) is 5.08. The summed E-state index contributed by atoms with van der Waals surface area (Å²) in [5.74, 6) is 0. The summed E-state index contributed by atoms with van der Waals surface area (Å²) >= 11 is 0. The Labute approximate surface area is 109 Å². The van der Waals surface area contributed by atoms with Gasteiger partial charge in [-0.2, -0.15) is 0 Å². The summed E-state index contributed by atoms with van der Waals surface area (Å²) in [6.45, 7) is 4.20. The highest BCUT2D eigenvalue weighted by molar-refractivity contribution is 4.52. The van der Waals surface area contributed by atoms with Crippen LogP contribution in [-0.2, 0) is 4.74 Å². The van der Waals surface area contributed by atoms with Crippen LogP contribution in [0.1, 0.15) is 90.4 Å². The van der Waals surface area contributed by atoms with Gasteiger partial charge in [-0.1, -0.05) is 84.0 Å². The van der Waals surface area contributed by atoms with E-state index >= 15 is 0 Å². The normalized spacial score (nSPS) is 10.9. The van der Waals surface area contributed by atoms with Gasteiger partial charge in [-0.05, 0) is 6.42 Å². The third kappa shape index (κ3) is 16.0. The maximum atomic E-state index is 4.92. The first-order valence-corrected chi connectivity index (χ1v) is 7.76. The number of ether oxygens (including phenoxy) is 1. The van der Waals surface area contributed by atoms with Gasteiger partial charge in [0.2, 0.25) is 0 Å². The summed E-state index contributed by atoms with van der Waals surface area (Å²) in [6, 6.07) is 0. The molecule has 0 N–H and O–H groups in total. The van der Waals surface area contributed by atoms with Gasteiger partial charge in [0.05, 0.1) is 6.61 Å². The average molecular weight is 241 g/mol. The minimum Gasteiger partial charge on any atom is -0.379 e. The third-order valence-electron chi connectivity index (χ3n) is 3.34. The monoisotopic (exact) mass is 241 g/mol. The third-order valence-corrected chi connectivity index (χ3v) is 3.34. The van der Waals surface area contributed by atoms with Crippen LogP contribution in [-0.4, -0.2) is 7.11 Å². The molecule has 0 heterocycles. The fraction of sp³-hybridized carbons (Fsp3) is 0.938. The molecule has 0 aliphatic carbocycles. The van der Waals surface area contributed by atoms with Crippen LogP contribution in [0.2, 0.25) is 0 Å². The van der Waals surface area contributed by atoms with E-state index in [0.29, 0.717) is 0 Å². The topological polar surface area (TPSA) is 9.23 Å². The van der Waals surface area contributed by atoms with Crippen molar-refractivity contribution in [2.75, 3.05) is 7.11 Å². The van der Waals surface area contributed by atoms with E-state index in [1.165, 1.54) is 77.0 Å². The highest BCUT2D eigenvalue weighted by Crippen LogP contribution is 2.12. The lowest BCUT2D eigenvalue weighted by molar-refractivity contribution is 0.262. The van der Waals surface area contributed by atoms with Crippen molar-refractivity contribution in [3.05, 3.63) is 6.61 Å². The molecular formula is C16H33O. The molecule has 0 amide bonds. The molecule has 0 aromatic carbocycles. The van der Waals surface area contributed by atoms with Gasteiger partial charge in [-0.25, -0.2) is 0 Å². The average Bonchev–Trinajstić information content (AvgIpc) is 2.35. The van der Waals surface area contributed by atoms with E-state index < -0.39 is 0 Å². The molecule has 0 atom stereocenters. The van der Waals surface area contributed by atoms with Crippen LogP contribution in [0, 0.1) is 6.61 Å². The molecule has 103 valence electrons. The smallest absolute Gasteiger partial charge is 0.0832 e. The Kier molecular flexibility index (Phi) is 15.9. The molecule has 0 aliphatic rings. The van der Waals surface area contributed by atoms with Crippen molar-refractivity contribution < 1.29 is 4.74 Å². The Balaban J connectivity index is 2.85. The molecule has 1 nitrogen and oxygen atoms in total. The SMILES string of the molecule is CCCCCCCCCCCCCC[CH]OC. The number of hydrogen-bond donors (Lipinski definition) is 0. The summed E-state index contributed by atoms with van der Waals surface area (Å²) in [6.07, 6.45) is 18.2. The Morgan fingerprint density at radius 1 is 0.647 bits per heavy atom. The van der Waals surface area contributed by atoms with E-state index in [-0.39, 0.29) is 0 Å². The van der Waals surface area contributed by atoms with E-state index in [0.717, 1.165) is 6.42 Å². The van der Waals surface area contributed by atoms with Crippen LogP contribution in [0.3, 0.4) is 0 Å². The lowest BCUT2D eigenvalue weighted by atomic mass is 10.0. The highest BCUT2D eigenvalue weighted by Gasteiger charge is 1.93. The van der Waals surface area contributed by atoms with Crippen molar-refractivity contribution >= 4 is 0 Å². The quantitative estimate of drug-likeness (QED) is 0.345. The van der Waals surface area contributed by atoms with Crippen LogP contribution in [0.5, 0.6) is 0 Å². The second kappa shape index (κ2) is 16.0. The second-order valence-corrected chi connectivity index (χ2v) is 5.08. The number of rotatable bonds is 14. The minimum atomic E-state index is 1.12. The molecule has 0 unspecified atom stereocenters. The fourth-order valence-corrected chi connectivity index (χ4v) is 2.19. The highest BCUT2D eigenvalue weighted by atomic mass is 16.5. The van der Waals surface area contributed by atoms with Crippen molar-refractivity contribution in [2.45, 2.75) is 90.4 Å². The van der Waals surface area contributed by atoms with Gasteiger partial charge in [-0.15, -0.1) is 0 Å². The van der Waals surface area contributed by atoms with Crippen LogP contribution in [0.25, 0.3) is 0 Å². The molecule has 0 fully saturated rings. The van der Waals surface area contributed by atoms with Crippen molar-refractivity contribution in [1.29, 1.82) is 0 Å². The lowest BCUT2D eigenvalue weighted by Gasteiger charge is -2.02. The summed E-state index contributed by atoms with van der Waals surface area (Å²) in [5, 5.41) is 0. The molecule has 0 spiro atoms. The summed E-state index contributed by atoms with van der Waals surface area (Å²) < 4.78 is 4.92. The zero-order valence-electron chi connectivity index (χ0n) is 12.2. The lowest BCUT2D eigenvalue weighted by Crippen LogP contribution is -1.84. The summed E-state index contributed by atoms with van der Waals surface area (Å²) in [7, 11) is 1.74. The van der Waals surface area contributed by atoms with Crippen molar-refractivity contribution in [3.8, 4) is 0 Å². The molecule has 1 heteroatoms. The Hall–Kier alpha value is -0.0400. The van der Waals surface area contributed by atoms with Crippen LogP contribution < -0.4 is 0 Å². The van der Waals surface area contributed by atoms with E-state index in [9.17, 15) is 0 Å². The van der Waals surface area contributed by atoms with Gasteiger partial charge in [-0.3, -0.25) is 0 Å². The van der Waals surface area contributed by atoms with Gasteiger partial charge >= 0.3 is 0 Å². The van der Waals surface area contributed by atoms with Gasteiger partial charge in [0, 0.05) is 7.11 Å². The summed E-state index contributed by atoms with van der Waals surface area (Å²) in [5.41, 5.74) is 0.